The van der Waals surface area contributed by atoms with E-state index in [4.69, 9.17) is 4.74 Å². The molecule has 1 N–H and O–H groups in total. The minimum Gasteiger partial charge on any atom is -0.484 e. The summed E-state index contributed by atoms with van der Waals surface area (Å²) in [6.07, 6.45) is 1.87. The minimum absolute atomic E-state index is 0.00754. The van der Waals surface area contributed by atoms with Gasteiger partial charge in [0.25, 0.3) is 5.91 Å². The van der Waals surface area contributed by atoms with Crippen molar-refractivity contribution in [2.45, 2.75) is 19.8 Å². The first kappa shape index (κ1) is 13.4. The zero-order chi connectivity index (χ0) is 12.7. The number of halogens is 2. The van der Waals surface area contributed by atoms with E-state index in [0.717, 1.165) is 31.0 Å². The van der Waals surface area contributed by atoms with Crippen molar-refractivity contribution in [3.05, 3.63) is 29.8 Å². The van der Waals surface area contributed by atoms with Crippen molar-refractivity contribution in [1.82, 2.24) is 5.32 Å². The molecular weight excluding hydrogens is 228 g/mol. The highest BCUT2D eigenvalue weighted by atomic mass is 19.1. The van der Waals surface area contributed by atoms with Gasteiger partial charge in [-0.25, -0.2) is 8.78 Å². The first-order chi connectivity index (χ1) is 8.11. The van der Waals surface area contributed by atoms with E-state index in [1.165, 1.54) is 0 Å². The molecule has 94 valence electrons. The maximum Gasteiger partial charge on any atom is 0.257 e. The molecule has 1 amide bonds. The van der Waals surface area contributed by atoms with Crippen molar-refractivity contribution < 1.29 is 18.3 Å². The Kier molecular flexibility index (Phi) is 5.39. The number of hydrogen-bond donors (Lipinski definition) is 1. The smallest absolute Gasteiger partial charge is 0.257 e. The maximum atomic E-state index is 12.8. The van der Waals surface area contributed by atoms with E-state index in [1.54, 1.807) is 0 Å². The van der Waals surface area contributed by atoms with Crippen molar-refractivity contribution in [1.29, 1.82) is 0 Å². The number of nitrogens with one attached hydrogen (secondary N) is 1. The summed E-state index contributed by atoms with van der Waals surface area (Å²) in [5.74, 6) is -1.76. The molecule has 0 spiro atoms. The Morgan fingerprint density at radius 2 is 1.94 bits per heavy atom. The second-order valence-electron chi connectivity index (χ2n) is 3.60. The first-order valence-electron chi connectivity index (χ1n) is 5.47. The van der Waals surface area contributed by atoms with E-state index in [2.05, 4.69) is 5.32 Å². The fourth-order valence-corrected chi connectivity index (χ4v) is 1.22. The molecule has 0 radical (unpaired) electrons. The molecule has 0 aliphatic carbocycles. The van der Waals surface area contributed by atoms with Crippen LogP contribution in [0, 0.1) is 11.6 Å². The molecule has 0 fully saturated rings. The third kappa shape index (κ3) is 5.29. The zero-order valence-corrected chi connectivity index (χ0v) is 9.63. The first-order valence-corrected chi connectivity index (χ1v) is 5.47. The quantitative estimate of drug-likeness (QED) is 0.778. The Hall–Kier alpha value is -1.65. The van der Waals surface area contributed by atoms with Crippen LogP contribution in [0.1, 0.15) is 19.8 Å². The molecule has 1 aromatic rings. The van der Waals surface area contributed by atoms with Gasteiger partial charge < -0.3 is 10.1 Å². The standard InChI is InChI=1S/C12H15F2NO2/c1-2-3-4-15-12(16)8-17-11-6-9(13)5-10(14)7-11/h5-7H,2-4,8H2,1H3,(H,15,16). The molecule has 3 nitrogen and oxygen atoms in total. The van der Waals surface area contributed by atoms with Crippen molar-refractivity contribution >= 4 is 5.91 Å². The van der Waals surface area contributed by atoms with Crippen LogP contribution in [-0.4, -0.2) is 19.1 Å². The van der Waals surface area contributed by atoms with Crippen LogP contribution >= 0.6 is 0 Å². The molecule has 0 aliphatic heterocycles. The molecule has 0 saturated heterocycles. The van der Waals surface area contributed by atoms with Gasteiger partial charge in [-0.05, 0) is 6.42 Å². The molecule has 5 heteroatoms. The Labute approximate surface area is 98.8 Å². The molecule has 0 aliphatic rings. The second-order valence-corrected chi connectivity index (χ2v) is 3.60. The summed E-state index contributed by atoms with van der Waals surface area (Å²) in [5, 5.41) is 2.63. The fourth-order valence-electron chi connectivity index (χ4n) is 1.22. The van der Waals surface area contributed by atoms with Gasteiger partial charge in [0.05, 0.1) is 0 Å². The number of benzene rings is 1. The molecule has 1 aromatic carbocycles. The van der Waals surface area contributed by atoms with Crippen LogP contribution in [0.5, 0.6) is 5.75 Å². The third-order valence-corrected chi connectivity index (χ3v) is 2.06. The summed E-state index contributed by atoms with van der Waals surface area (Å²) in [6, 6.07) is 2.80. The summed E-state index contributed by atoms with van der Waals surface area (Å²) in [7, 11) is 0. The highest BCUT2D eigenvalue weighted by Gasteiger charge is 2.04. The Bertz CT molecular complexity index is 363. The van der Waals surface area contributed by atoms with Crippen LogP contribution in [0.15, 0.2) is 18.2 Å². The lowest BCUT2D eigenvalue weighted by molar-refractivity contribution is -0.123. The Morgan fingerprint density at radius 3 is 2.53 bits per heavy atom. The molecule has 0 saturated carbocycles. The van der Waals surface area contributed by atoms with E-state index in [0.29, 0.717) is 6.54 Å². The zero-order valence-electron chi connectivity index (χ0n) is 9.63. The lowest BCUT2D eigenvalue weighted by Gasteiger charge is -2.07. The minimum atomic E-state index is -0.730. The largest absolute Gasteiger partial charge is 0.484 e. The SMILES string of the molecule is CCCCNC(=O)COc1cc(F)cc(F)c1. The van der Waals surface area contributed by atoms with Gasteiger partial charge in [-0.2, -0.15) is 0 Å². The third-order valence-electron chi connectivity index (χ3n) is 2.06. The molecule has 0 bridgehead atoms. The van der Waals surface area contributed by atoms with Crippen LogP contribution < -0.4 is 10.1 Å². The van der Waals surface area contributed by atoms with Crippen LogP contribution in [0.25, 0.3) is 0 Å². The van der Waals surface area contributed by atoms with E-state index >= 15 is 0 Å². The van der Waals surface area contributed by atoms with Crippen LogP contribution in [0.3, 0.4) is 0 Å². The van der Waals surface area contributed by atoms with Gasteiger partial charge in [-0.15, -0.1) is 0 Å². The fraction of sp³-hybridized carbons (Fsp3) is 0.417. The maximum absolute atomic E-state index is 12.8. The molecule has 0 atom stereocenters. The highest BCUT2D eigenvalue weighted by Crippen LogP contribution is 2.14. The summed E-state index contributed by atoms with van der Waals surface area (Å²) in [6.45, 7) is 2.35. The summed E-state index contributed by atoms with van der Waals surface area (Å²) in [4.78, 5) is 11.2. The number of carbonyl (C=O) groups excluding carboxylic acids is 1. The Balaban J connectivity index is 2.36. The molecule has 0 heterocycles. The van der Waals surface area contributed by atoms with E-state index in [-0.39, 0.29) is 18.3 Å². The average Bonchev–Trinajstić information content (AvgIpc) is 2.25. The predicted molar refractivity (Wildman–Crippen MR) is 59.8 cm³/mol. The molecule has 17 heavy (non-hydrogen) atoms. The highest BCUT2D eigenvalue weighted by molar-refractivity contribution is 5.77. The summed E-state index contributed by atoms with van der Waals surface area (Å²) in [5.41, 5.74) is 0. The van der Waals surface area contributed by atoms with E-state index in [9.17, 15) is 13.6 Å². The van der Waals surface area contributed by atoms with Gasteiger partial charge in [0.2, 0.25) is 0 Å². The van der Waals surface area contributed by atoms with Crippen LogP contribution in [-0.2, 0) is 4.79 Å². The molecule has 0 aromatic heterocycles. The van der Waals surface area contributed by atoms with Gasteiger partial charge in [-0.3, -0.25) is 4.79 Å². The number of carbonyl (C=O) groups is 1. The second kappa shape index (κ2) is 6.83. The molecular formula is C12H15F2NO2. The van der Waals surface area contributed by atoms with Crippen molar-refractivity contribution in [3.8, 4) is 5.75 Å². The number of ether oxygens (including phenoxy) is 1. The van der Waals surface area contributed by atoms with Gasteiger partial charge in [0.1, 0.15) is 17.4 Å². The summed E-state index contributed by atoms with van der Waals surface area (Å²) < 4.78 is 30.5. The van der Waals surface area contributed by atoms with Gasteiger partial charge in [-0.1, -0.05) is 13.3 Å². The number of rotatable bonds is 6. The molecule has 0 unspecified atom stereocenters. The van der Waals surface area contributed by atoms with Crippen LogP contribution in [0.2, 0.25) is 0 Å². The normalized spacial score (nSPS) is 10.1. The average molecular weight is 243 g/mol. The van der Waals surface area contributed by atoms with Gasteiger partial charge >= 0.3 is 0 Å². The van der Waals surface area contributed by atoms with Crippen LogP contribution in [0.4, 0.5) is 8.78 Å². The Morgan fingerprint density at radius 1 is 1.29 bits per heavy atom. The van der Waals surface area contributed by atoms with Crippen molar-refractivity contribution in [2.24, 2.45) is 0 Å². The summed E-state index contributed by atoms with van der Waals surface area (Å²) >= 11 is 0. The monoisotopic (exact) mass is 243 g/mol. The lowest BCUT2D eigenvalue weighted by atomic mass is 10.3. The predicted octanol–water partition coefficient (Wildman–Crippen LogP) is 2.26. The number of amides is 1. The van der Waals surface area contributed by atoms with E-state index < -0.39 is 11.6 Å². The molecule has 1 rings (SSSR count). The lowest BCUT2D eigenvalue weighted by Crippen LogP contribution is -2.29. The number of unbranched alkanes of at least 4 members (excludes halogenated alkanes) is 1. The topological polar surface area (TPSA) is 38.3 Å². The van der Waals surface area contributed by atoms with Crippen molar-refractivity contribution in [3.63, 3.8) is 0 Å². The number of hydrogen-bond acceptors (Lipinski definition) is 2. The van der Waals surface area contributed by atoms with Crippen molar-refractivity contribution in [2.75, 3.05) is 13.2 Å². The van der Waals surface area contributed by atoms with Gasteiger partial charge in [0, 0.05) is 24.7 Å². The van der Waals surface area contributed by atoms with E-state index in [1.807, 2.05) is 6.92 Å². The van der Waals surface area contributed by atoms with Gasteiger partial charge in [0.15, 0.2) is 6.61 Å².